The van der Waals surface area contributed by atoms with E-state index in [1.165, 1.54) is 19.2 Å². The Labute approximate surface area is 173 Å². The molecule has 0 bridgehead atoms. The van der Waals surface area contributed by atoms with E-state index in [1.54, 1.807) is 39.0 Å². The first kappa shape index (κ1) is 24.7. The van der Waals surface area contributed by atoms with Gasteiger partial charge in [0.2, 0.25) is 0 Å². The fourth-order valence-electron chi connectivity index (χ4n) is 2.68. The van der Waals surface area contributed by atoms with Crippen LogP contribution >= 0.6 is 0 Å². The molecule has 0 saturated carbocycles. The largest absolute Gasteiger partial charge is 0.469 e. The molecule has 0 saturated heterocycles. The molecule has 0 spiro atoms. The number of carbonyl (C=O) groups is 2. The van der Waals surface area contributed by atoms with Crippen LogP contribution in [0.2, 0.25) is 0 Å². The molecule has 1 aromatic rings. The van der Waals surface area contributed by atoms with E-state index in [0.29, 0.717) is 6.42 Å². The van der Waals surface area contributed by atoms with Crippen molar-refractivity contribution in [2.45, 2.75) is 69.9 Å². The molecule has 0 aliphatic heterocycles. The van der Waals surface area contributed by atoms with Gasteiger partial charge in [0.05, 0.1) is 18.0 Å². The zero-order valence-electron chi connectivity index (χ0n) is 17.8. The average Bonchev–Trinajstić information content (AvgIpc) is 2.60. The lowest BCUT2D eigenvalue weighted by Crippen LogP contribution is -2.47. The number of hydrogen-bond donors (Lipinski definition) is 0. The molecule has 0 heterocycles. The maximum Gasteiger partial charge on any atom is 0.424 e. The molecule has 1 amide bonds. The molecular weight excluding hydrogens is 394 g/mol. The van der Waals surface area contributed by atoms with Gasteiger partial charge in [0.15, 0.2) is 0 Å². The molecule has 0 unspecified atom stereocenters. The van der Waals surface area contributed by atoms with E-state index < -0.39 is 33.7 Å². The van der Waals surface area contributed by atoms with Crippen molar-refractivity contribution in [1.82, 2.24) is 4.31 Å². The summed E-state index contributed by atoms with van der Waals surface area (Å²) in [6.45, 7) is 10.5. The third kappa shape index (κ3) is 7.53. The van der Waals surface area contributed by atoms with E-state index in [-0.39, 0.29) is 24.2 Å². The van der Waals surface area contributed by atoms with E-state index in [2.05, 4.69) is 11.3 Å². The fourth-order valence-corrected chi connectivity index (χ4v) is 4.21. The maximum atomic E-state index is 13.3. The van der Waals surface area contributed by atoms with Crippen LogP contribution in [0.5, 0.6) is 0 Å². The molecule has 7 nitrogen and oxygen atoms in total. The minimum atomic E-state index is -4.17. The molecular formula is C21H31NO6S. The normalized spacial score (nSPS) is 12.7. The van der Waals surface area contributed by atoms with E-state index in [1.807, 2.05) is 6.92 Å². The highest BCUT2D eigenvalue weighted by Gasteiger charge is 2.38. The second-order valence-corrected chi connectivity index (χ2v) is 9.56. The van der Waals surface area contributed by atoms with Crippen LogP contribution in [-0.2, 0) is 24.3 Å². The SMILES string of the molecule is C=CC[C@@H](CCCC(=O)OC)N(C(=O)OC(C)(C)C)S(=O)(=O)c1ccc(C)cc1. The molecule has 0 radical (unpaired) electrons. The zero-order chi connectivity index (χ0) is 22.2. The van der Waals surface area contributed by atoms with E-state index in [0.717, 1.165) is 9.87 Å². The van der Waals surface area contributed by atoms with E-state index >= 15 is 0 Å². The second-order valence-electron chi connectivity index (χ2n) is 7.74. The van der Waals surface area contributed by atoms with Gasteiger partial charge in [-0.1, -0.05) is 23.8 Å². The molecule has 1 atom stereocenters. The number of hydrogen-bond acceptors (Lipinski definition) is 6. The van der Waals surface area contributed by atoms with Crippen LogP contribution < -0.4 is 0 Å². The van der Waals surface area contributed by atoms with Gasteiger partial charge in [-0.15, -0.1) is 6.58 Å². The predicted octanol–water partition coefficient (Wildman–Crippen LogP) is 4.21. The van der Waals surface area contributed by atoms with Crippen LogP contribution in [-0.4, -0.2) is 43.5 Å². The highest BCUT2D eigenvalue weighted by Crippen LogP contribution is 2.26. The zero-order valence-corrected chi connectivity index (χ0v) is 18.6. The lowest BCUT2D eigenvalue weighted by molar-refractivity contribution is -0.140. The molecule has 0 aromatic heterocycles. The molecule has 1 aromatic carbocycles. The quantitative estimate of drug-likeness (QED) is 0.435. The molecule has 0 aliphatic rings. The Bertz CT molecular complexity index is 809. The number of ether oxygens (including phenoxy) is 2. The van der Waals surface area contributed by atoms with Crippen molar-refractivity contribution in [3.05, 3.63) is 42.5 Å². The number of amides is 1. The number of nitrogens with zero attached hydrogens (tertiary/aromatic N) is 1. The summed E-state index contributed by atoms with van der Waals surface area (Å²) in [5.41, 5.74) is 0.0246. The topological polar surface area (TPSA) is 90.0 Å². The summed E-state index contributed by atoms with van der Waals surface area (Å²) in [4.78, 5) is 24.3. The van der Waals surface area contributed by atoms with Crippen molar-refractivity contribution in [1.29, 1.82) is 0 Å². The second kappa shape index (κ2) is 10.4. The van der Waals surface area contributed by atoms with Crippen molar-refractivity contribution in [2.75, 3.05) is 7.11 Å². The number of benzene rings is 1. The van der Waals surface area contributed by atoms with Gasteiger partial charge >= 0.3 is 12.1 Å². The third-order valence-corrected chi connectivity index (χ3v) is 5.90. The van der Waals surface area contributed by atoms with Crippen LogP contribution in [0.1, 0.15) is 52.0 Å². The van der Waals surface area contributed by atoms with Gasteiger partial charge in [-0.05, 0) is 59.1 Å². The monoisotopic (exact) mass is 425 g/mol. The number of methoxy groups -OCH3 is 1. The fraction of sp³-hybridized carbons (Fsp3) is 0.524. The van der Waals surface area contributed by atoms with Crippen LogP contribution in [0, 0.1) is 6.92 Å². The standard InChI is InChI=1S/C21H31NO6S/c1-7-9-17(10-8-11-19(23)27-6)22(20(24)28-21(3,4)5)29(25,26)18-14-12-16(2)13-15-18/h7,12-15,17H,1,8-11H2,2-6H3/t17-/m0/s1. The first-order chi connectivity index (χ1) is 13.4. The van der Waals surface area contributed by atoms with Gasteiger partial charge in [-0.25, -0.2) is 13.2 Å². The lowest BCUT2D eigenvalue weighted by atomic mass is 10.1. The summed E-state index contributed by atoms with van der Waals surface area (Å²) in [7, 11) is -2.88. The molecule has 0 fully saturated rings. The van der Waals surface area contributed by atoms with Crippen molar-refractivity contribution >= 4 is 22.1 Å². The molecule has 8 heteroatoms. The minimum Gasteiger partial charge on any atom is -0.469 e. The summed E-state index contributed by atoms with van der Waals surface area (Å²) in [6.07, 6.45) is 1.56. The Hall–Kier alpha value is -2.35. The van der Waals surface area contributed by atoms with Crippen molar-refractivity contribution in [2.24, 2.45) is 0 Å². The molecule has 29 heavy (non-hydrogen) atoms. The van der Waals surface area contributed by atoms with Crippen LogP contribution in [0.3, 0.4) is 0 Å². The number of carbonyl (C=O) groups excluding carboxylic acids is 2. The van der Waals surface area contributed by atoms with Crippen LogP contribution in [0.25, 0.3) is 0 Å². The molecule has 0 aliphatic carbocycles. The van der Waals surface area contributed by atoms with E-state index in [4.69, 9.17) is 4.74 Å². The highest BCUT2D eigenvalue weighted by atomic mass is 32.2. The van der Waals surface area contributed by atoms with Gasteiger partial charge < -0.3 is 9.47 Å². The summed E-state index contributed by atoms with van der Waals surface area (Å²) < 4.78 is 37.5. The third-order valence-electron chi connectivity index (χ3n) is 4.07. The Kier molecular flexibility index (Phi) is 8.88. The molecule has 162 valence electrons. The van der Waals surface area contributed by atoms with Crippen LogP contribution in [0.15, 0.2) is 41.8 Å². The van der Waals surface area contributed by atoms with Crippen molar-refractivity contribution in [3.63, 3.8) is 0 Å². The first-order valence-corrected chi connectivity index (χ1v) is 10.9. The van der Waals surface area contributed by atoms with Crippen molar-refractivity contribution in [3.8, 4) is 0 Å². The van der Waals surface area contributed by atoms with Crippen molar-refractivity contribution < 1.29 is 27.5 Å². The number of esters is 1. The Morgan fingerprint density at radius 1 is 1.21 bits per heavy atom. The van der Waals surface area contributed by atoms with Gasteiger partial charge in [-0.3, -0.25) is 4.79 Å². The summed E-state index contributed by atoms with van der Waals surface area (Å²) >= 11 is 0. The Morgan fingerprint density at radius 3 is 2.28 bits per heavy atom. The smallest absolute Gasteiger partial charge is 0.424 e. The minimum absolute atomic E-state index is 0.00371. The van der Waals surface area contributed by atoms with Gasteiger partial charge in [-0.2, -0.15) is 4.31 Å². The van der Waals surface area contributed by atoms with E-state index in [9.17, 15) is 18.0 Å². The maximum absolute atomic E-state index is 13.3. The van der Waals surface area contributed by atoms with Crippen LogP contribution in [0.4, 0.5) is 4.79 Å². The Morgan fingerprint density at radius 2 is 1.79 bits per heavy atom. The number of rotatable bonds is 9. The summed E-state index contributed by atoms with van der Waals surface area (Å²) in [5.74, 6) is -0.396. The summed E-state index contributed by atoms with van der Waals surface area (Å²) in [5, 5.41) is 0. The molecule has 0 N–H and O–H groups in total. The summed E-state index contributed by atoms with van der Waals surface area (Å²) in [6, 6.07) is 5.52. The van der Waals surface area contributed by atoms with Gasteiger partial charge in [0, 0.05) is 6.42 Å². The first-order valence-electron chi connectivity index (χ1n) is 9.44. The van der Waals surface area contributed by atoms with Gasteiger partial charge in [0.25, 0.3) is 10.0 Å². The average molecular weight is 426 g/mol. The lowest BCUT2D eigenvalue weighted by Gasteiger charge is -2.32. The predicted molar refractivity (Wildman–Crippen MR) is 111 cm³/mol. The Balaban J connectivity index is 3.32. The highest BCUT2D eigenvalue weighted by molar-refractivity contribution is 7.89. The number of sulfonamides is 1. The molecule has 1 rings (SSSR count). The number of aryl methyl sites for hydroxylation is 1. The van der Waals surface area contributed by atoms with Gasteiger partial charge in [0.1, 0.15) is 5.60 Å².